The standard InChI is InChI=1S/C13H24F3N3.2ClH/c1-18-8-2-9-19(10-5-13(14,15)16)11-12(18)3-6-17-7-4-12;;/h17H,2-11H2,1H3;2*1H. The van der Waals surface area contributed by atoms with Crippen LogP contribution < -0.4 is 5.32 Å². The van der Waals surface area contributed by atoms with Crippen molar-refractivity contribution in [2.24, 2.45) is 0 Å². The van der Waals surface area contributed by atoms with E-state index in [1.165, 1.54) is 0 Å². The Kier molecular flexibility index (Phi) is 8.88. The molecule has 1 N–H and O–H groups in total. The first-order valence-electron chi connectivity index (χ1n) is 7.12. The molecular formula is C13H26Cl2F3N3. The maximum absolute atomic E-state index is 12.4. The van der Waals surface area contributed by atoms with Gasteiger partial charge in [-0.15, -0.1) is 24.8 Å². The third-order valence-electron chi connectivity index (χ3n) is 4.54. The Morgan fingerprint density at radius 2 is 1.71 bits per heavy atom. The number of hydrogen-bond donors (Lipinski definition) is 1. The van der Waals surface area contributed by atoms with E-state index in [-0.39, 0.29) is 36.9 Å². The molecule has 0 radical (unpaired) electrons. The summed E-state index contributed by atoms with van der Waals surface area (Å²) in [6, 6.07) is 0. The number of nitrogens with zero attached hydrogens (tertiary/aromatic N) is 2. The summed E-state index contributed by atoms with van der Waals surface area (Å²) in [7, 11) is 2.12. The second-order valence-corrected chi connectivity index (χ2v) is 5.89. The van der Waals surface area contributed by atoms with Crippen molar-refractivity contribution >= 4 is 24.8 Å². The van der Waals surface area contributed by atoms with Gasteiger partial charge in [-0.3, -0.25) is 4.90 Å². The Labute approximate surface area is 137 Å². The second kappa shape index (κ2) is 8.77. The molecule has 0 amide bonds. The minimum absolute atomic E-state index is 0. The van der Waals surface area contributed by atoms with E-state index in [2.05, 4.69) is 17.3 Å². The number of hydrogen-bond acceptors (Lipinski definition) is 3. The van der Waals surface area contributed by atoms with Crippen LogP contribution in [0.2, 0.25) is 0 Å². The lowest BCUT2D eigenvalue weighted by Gasteiger charge is -2.45. The first kappa shape index (κ1) is 21.2. The summed E-state index contributed by atoms with van der Waals surface area (Å²) < 4.78 is 37.1. The molecule has 2 heterocycles. The molecule has 0 saturated carbocycles. The molecule has 128 valence electrons. The molecule has 0 aromatic carbocycles. The molecule has 0 aliphatic carbocycles. The molecule has 2 aliphatic heterocycles. The topological polar surface area (TPSA) is 18.5 Å². The number of nitrogens with one attached hydrogen (secondary N) is 1. The molecule has 1 spiro atoms. The van der Waals surface area contributed by atoms with Gasteiger partial charge in [0.05, 0.1) is 6.42 Å². The summed E-state index contributed by atoms with van der Waals surface area (Å²) in [5.74, 6) is 0. The van der Waals surface area contributed by atoms with Crippen molar-refractivity contribution in [2.45, 2.75) is 37.4 Å². The molecule has 0 aromatic rings. The van der Waals surface area contributed by atoms with Gasteiger partial charge in [-0.05, 0) is 52.5 Å². The van der Waals surface area contributed by atoms with Gasteiger partial charge in [0.1, 0.15) is 0 Å². The lowest BCUT2D eigenvalue weighted by Crippen LogP contribution is -2.57. The first-order chi connectivity index (χ1) is 8.91. The van der Waals surface area contributed by atoms with Crippen LogP contribution in [-0.2, 0) is 0 Å². The zero-order valence-electron chi connectivity index (χ0n) is 12.4. The van der Waals surface area contributed by atoms with Gasteiger partial charge in [0.15, 0.2) is 0 Å². The summed E-state index contributed by atoms with van der Waals surface area (Å²) in [5.41, 5.74) is 0.0767. The number of likely N-dealkylation sites (N-methyl/N-ethyl adjacent to an activating group) is 1. The fraction of sp³-hybridized carbons (Fsp3) is 1.00. The van der Waals surface area contributed by atoms with E-state index in [0.717, 1.165) is 52.0 Å². The summed E-state index contributed by atoms with van der Waals surface area (Å²) >= 11 is 0. The van der Waals surface area contributed by atoms with E-state index in [0.29, 0.717) is 0 Å². The average molecular weight is 352 g/mol. The van der Waals surface area contributed by atoms with Crippen molar-refractivity contribution in [2.75, 3.05) is 46.3 Å². The maximum atomic E-state index is 12.4. The van der Waals surface area contributed by atoms with Gasteiger partial charge in [-0.2, -0.15) is 13.2 Å². The average Bonchev–Trinajstić information content (AvgIpc) is 2.49. The van der Waals surface area contributed by atoms with Crippen LogP contribution in [0.15, 0.2) is 0 Å². The largest absolute Gasteiger partial charge is 0.390 e. The number of halogens is 5. The van der Waals surface area contributed by atoms with Gasteiger partial charge in [0, 0.05) is 18.6 Å². The van der Waals surface area contributed by atoms with E-state index in [4.69, 9.17) is 0 Å². The van der Waals surface area contributed by atoms with Crippen molar-refractivity contribution in [3.8, 4) is 0 Å². The summed E-state index contributed by atoms with van der Waals surface area (Å²) in [6.07, 6.45) is -1.70. The normalized spacial score (nSPS) is 24.0. The number of alkyl halides is 3. The Bertz CT molecular complexity index is 297. The monoisotopic (exact) mass is 351 g/mol. The van der Waals surface area contributed by atoms with Gasteiger partial charge in [-0.25, -0.2) is 0 Å². The number of piperidine rings is 1. The highest BCUT2D eigenvalue weighted by atomic mass is 35.5. The maximum Gasteiger partial charge on any atom is 0.390 e. The second-order valence-electron chi connectivity index (χ2n) is 5.89. The van der Waals surface area contributed by atoms with Crippen molar-refractivity contribution in [3.05, 3.63) is 0 Å². The number of rotatable bonds is 2. The summed E-state index contributed by atoms with van der Waals surface area (Å²) in [5, 5.41) is 3.34. The molecule has 3 nitrogen and oxygen atoms in total. The van der Waals surface area contributed by atoms with Crippen molar-refractivity contribution in [3.63, 3.8) is 0 Å². The highest BCUT2D eigenvalue weighted by Gasteiger charge is 2.39. The minimum atomic E-state index is -4.04. The van der Waals surface area contributed by atoms with Gasteiger partial charge >= 0.3 is 6.18 Å². The van der Waals surface area contributed by atoms with Crippen molar-refractivity contribution < 1.29 is 13.2 Å². The highest BCUT2D eigenvalue weighted by molar-refractivity contribution is 5.85. The SMILES string of the molecule is CN1CCCN(CCC(F)(F)F)CC12CCNCC2.Cl.Cl. The zero-order chi connectivity index (χ0) is 13.9. The van der Waals surface area contributed by atoms with Crippen LogP contribution in [-0.4, -0.2) is 67.8 Å². The van der Waals surface area contributed by atoms with Crippen molar-refractivity contribution in [1.29, 1.82) is 0 Å². The minimum Gasteiger partial charge on any atom is -0.317 e. The van der Waals surface area contributed by atoms with Crippen LogP contribution in [0.3, 0.4) is 0 Å². The predicted molar refractivity (Wildman–Crippen MR) is 83.7 cm³/mol. The molecule has 2 fully saturated rings. The third-order valence-corrected chi connectivity index (χ3v) is 4.54. The Balaban J connectivity index is 0.00000200. The van der Waals surface area contributed by atoms with Crippen LogP contribution in [0.25, 0.3) is 0 Å². The van der Waals surface area contributed by atoms with E-state index in [1.807, 2.05) is 4.90 Å². The van der Waals surface area contributed by atoms with Crippen LogP contribution in [0.4, 0.5) is 13.2 Å². The molecule has 8 heteroatoms. The molecule has 0 unspecified atom stereocenters. The van der Waals surface area contributed by atoms with Crippen LogP contribution in [0.1, 0.15) is 25.7 Å². The molecule has 21 heavy (non-hydrogen) atoms. The Hall–Kier alpha value is 0.250. The van der Waals surface area contributed by atoms with Gasteiger partial charge < -0.3 is 10.2 Å². The lowest BCUT2D eigenvalue weighted by atomic mass is 9.86. The lowest BCUT2D eigenvalue weighted by molar-refractivity contribution is -0.138. The zero-order valence-corrected chi connectivity index (χ0v) is 14.0. The molecule has 2 saturated heterocycles. The Morgan fingerprint density at radius 3 is 2.29 bits per heavy atom. The highest BCUT2D eigenvalue weighted by Crippen LogP contribution is 2.29. The van der Waals surface area contributed by atoms with E-state index in [9.17, 15) is 13.2 Å². The third kappa shape index (κ3) is 6.10. The molecular weight excluding hydrogens is 326 g/mol. The van der Waals surface area contributed by atoms with E-state index < -0.39 is 12.6 Å². The van der Waals surface area contributed by atoms with Gasteiger partial charge in [0.2, 0.25) is 0 Å². The summed E-state index contributed by atoms with van der Waals surface area (Å²) in [4.78, 5) is 4.39. The molecule has 2 aliphatic rings. The molecule has 2 rings (SSSR count). The predicted octanol–water partition coefficient (Wildman–Crippen LogP) is 2.54. The van der Waals surface area contributed by atoms with E-state index >= 15 is 0 Å². The first-order valence-corrected chi connectivity index (χ1v) is 7.12. The fourth-order valence-corrected chi connectivity index (χ4v) is 3.29. The molecule has 0 bridgehead atoms. The van der Waals surface area contributed by atoms with Crippen LogP contribution in [0.5, 0.6) is 0 Å². The summed E-state index contributed by atoms with van der Waals surface area (Å²) in [6.45, 7) is 4.64. The van der Waals surface area contributed by atoms with Crippen LogP contribution in [0, 0.1) is 0 Å². The van der Waals surface area contributed by atoms with Crippen LogP contribution >= 0.6 is 24.8 Å². The fourth-order valence-electron chi connectivity index (χ4n) is 3.29. The van der Waals surface area contributed by atoms with E-state index in [1.54, 1.807) is 0 Å². The van der Waals surface area contributed by atoms with Gasteiger partial charge in [0.25, 0.3) is 0 Å². The smallest absolute Gasteiger partial charge is 0.317 e. The Morgan fingerprint density at radius 1 is 1.10 bits per heavy atom. The van der Waals surface area contributed by atoms with Crippen molar-refractivity contribution in [1.82, 2.24) is 15.1 Å². The molecule has 0 aromatic heterocycles. The molecule has 0 atom stereocenters. The van der Waals surface area contributed by atoms with Gasteiger partial charge in [-0.1, -0.05) is 0 Å². The quantitative estimate of drug-likeness (QED) is 0.824.